The fourth-order valence-corrected chi connectivity index (χ4v) is 3.65. The molecule has 0 radical (unpaired) electrons. The van der Waals surface area contributed by atoms with Gasteiger partial charge in [0.1, 0.15) is 11.5 Å². The number of nitrogens with two attached hydrogens (primary N) is 1. The van der Waals surface area contributed by atoms with Crippen LogP contribution in [0.5, 0.6) is 0 Å². The summed E-state index contributed by atoms with van der Waals surface area (Å²) in [4.78, 5) is 9.09. The van der Waals surface area contributed by atoms with Gasteiger partial charge in [0.25, 0.3) is 0 Å². The number of anilines is 1. The van der Waals surface area contributed by atoms with Crippen LogP contribution < -0.4 is 10.6 Å². The third-order valence-corrected chi connectivity index (χ3v) is 4.73. The average Bonchev–Trinajstić information content (AvgIpc) is 2.47. The van der Waals surface area contributed by atoms with Crippen LogP contribution in [0.1, 0.15) is 25.0 Å². The summed E-state index contributed by atoms with van der Waals surface area (Å²) in [7, 11) is 2.26. The molecular weight excluding hydrogens is 250 g/mol. The van der Waals surface area contributed by atoms with Gasteiger partial charge in [0.15, 0.2) is 0 Å². The fraction of sp³-hybridized carbons (Fsp3) is 0.600. The predicted molar refractivity (Wildman–Crippen MR) is 81.2 cm³/mol. The average molecular weight is 273 g/mol. The van der Waals surface area contributed by atoms with Crippen LogP contribution in [-0.2, 0) is 0 Å². The van der Waals surface area contributed by atoms with Crippen LogP contribution in [0.25, 0.3) is 0 Å². The predicted octanol–water partition coefficient (Wildman–Crippen LogP) is 1.29. The summed E-state index contributed by atoms with van der Waals surface area (Å²) >= 11 is 0. The first kappa shape index (κ1) is 13.4. The van der Waals surface area contributed by atoms with Gasteiger partial charge in [-0.1, -0.05) is 0 Å². The molecule has 5 heteroatoms. The molecule has 1 aromatic rings. The van der Waals surface area contributed by atoms with E-state index in [0.29, 0.717) is 5.69 Å². The minimum absolute atomic E-state index is 0.0409. The lowest BCUT2D eigenvalue weighted by atomic mass is 9.84. The number of fused-ring (bicyclic) bond motifs is 1. The van der Waals surface area contributed by atoms with E-state index in [1.807, 2.05) is 12.1 Å². The maximum Gasteiger partial charge on any atom is 0.141 e. The van der Waals surface area contributed by atoms with E-state index in [1.54, 1.807) is 6.20 Å². The summed E-state index contributed by atoms with van der Waals surface area (Å²) in [5, 5.41) is 7.51. The van der Waals surface area contributed by atoms with Gasteiger partial charge in [0.2, 0.25) is 0 Å². The summed E-state index contributed by atoms with van der Waals surface area (Å²) < 4.78 is 0. The smallest absolute Gasteiger partial charge is 0.141 e. The zero-order valence-electron chi connectivity index (χ0n) is 12.0. The van der Waals surface area contributed by atoms with Crippen molar-refractivity contribution in [2.75, 3.05) is 31.6 Å². The standard InChI is InChI=1S/C15H23N5/c1-19-7-2-3-11-10-20(8-5-14(11)19)12-4-6-18-13(9-12)15(16)17/h4,6,9,11,14H,2-3,5,7-8,10H2,1H3,(H3,16,17). The number of aromatic nitrogens is 1. The Morgan fingerprint density at radius 3 is 3.05 bits per heavy atom. The Bertz CT molecular complexity index is 501. The zero-order valence-corrected chi connectivity index (χ0v) is 12.0. The van der Waals surface area contributed by atoms with Gasteiger partial charge < -0.3 is 15.5 Å². The van der Waals surface area contributed by atoms with Gasteiger partial charge in [0.05, 0.1) is 0 Å². The second-order valence-electron chi connectivity index (χ2n) is 6.00. The minimum atomic E-state index is 0.0409. The van der Waals surface area contributed by atoms with Crippen LogP contribution >= 0.6 is 0 Å². The zero-order chi connectivity index (χ0) is 14.1. The molecule has 2 fully saturated rings. The van der Waals surface area contributed by atoms with Gasteiger partial charge in [0, 0.05) is 31.0 Å². The Balaban J connectivity index is 1.76. The number of nitrogen functional groups attached to an aromatic ring is 1. The third-order valence-electron chi connectivity index (χ3n) is 4.73. The normalized spacial score (nSPS) is 27.1. The lowest BCUT2D eigenvalue weighted by Crippen LogP contribution is -2.52. The molecular formula is C15H23N5. The molecule has 0 spiro atoms. The molecule has 0 aromatic carbocycles. The van der Waals surface area contributed by atoms with E-state index in [9.17, 15) is 0 Å². The molecule has 0 saturated carbocycles. The molecule has 2 unspecified atom stereocenters. The summed E-state index contributed by atoms with van der Waals surface area (Å²) in [5.41, 5.74) is 7.26. The van der Waals surface area contributed by atoms with E-state index in [0.717, 1.165) is 30.7 Å². The lowest BCUT2D eigenvalue weighted by molar-refractivity contribution is 0.102. The molecule has 108 valence electrons. The first-order valence-corrected chi connectivity index (χ1v) is 7.41. The van der Waals surface area contributed by atoms with E-state index < -0.39 is 0 Å². The summed E-state index contributed by atoms with van der Waals surface area (Å²) in [5.74, 6) is 0.801. The Labute approximate surface area is 120 Å². The number of amidine groups is 1. The number of nitrogens with one attached hydrogen (secondary N) is 1. The molecule has 20 heavy (non-hydrogen) atoms. The Morgan fingerprint density at radius 2 is 2.25 bits per heavy atom. The molecule has 3 heterocycles. The monoisotopic (exact) mass is 273 g/mol. The highest BCUT2D eigenvalue weighted by molar-refractivity contribution is 5.93. The largest absolute Gasteiger partial charge is 0.382 e. The van der Waals surface area contributed by atoms with Gasteiger partial charge in [-0.05, 0) is 50.9 Å². The molecule has 2 aliphatic heterocycles. The lowest BCUT2D eigenvalue weighted by Gasteiger charge is -2.46. The Morgan fingerprint density at radius 1 is 1.40 bits per heavy atom. The molecule has 1 aromatic heterocycles. The van der Waals surface area contributed by atoms with Crippen LogP contribution in [0.2, 0.25) is 0 Å². The number of likely N-dealkylation sites (tertiary alicyclic amines) is 1. The number of pyridine rings is 1. The molecule has 3 rings (SSSR count). The number of nitrogens with zero attached hydrogens (tertiary/aromatic N) is 3. The number of hydrogen-bond acceptors (Lipinski definition) is 4. The van der Waals surface area contributed by atoms with Crippen molar-refractivity contribution in [2.45, 2.75) is 25.3 Å². The Kier molecular flexibility index (Phi) is 3.61. The number of rotatable bonds is 2. The Hall–Kier alpha value is -1.62. The maximum absolute atomic E-state index is 7.51. The molecule has 3 N–H and O–H groups in total. The highest BCUT2D eigenvalue weighted by atomic mass is 15.2. The highest BCUT2D eigenvalue weighted by Crippen LogP contribution is 2.31. The highest BCUT2D eigenvalue weighted by Gasteiger charge is 2.34. The third kappa shape index (κ3) is 2.50. The van der Waals surface area contributed by atoms with Gasteiger partial charge in [-0.3, -0.25) is 10.4 Å². The first-order chi connectivity index (χ1) is 9.65. The van der Waals surface area contributed by atoms with Crippen molar-refractivity contribution in [3.05, 3.63) is 24.0 Å². The number of hydrogen-bond donors (Lipinski definition) is 2. The number of piperidine rings is 2. The van der Waals surface area contributed by atoms with E-state index in [1.165, 1.54) is 25.8 Å². The van der Waals surface area contributed by atoms with Gasteiger partial charge in [-0.2, -0.15) is 0 Å². The maximum atomic E-state index is 7.51. The van der Waals surface area contributed by atoms with Crippen molar-refractivity contribution in [3.63, 3.8) is 0 Å². The van der Waals surface area contributed by atoms with E-state index in [4.69, 9.17) is 11.1 Å². The second-order valence-corrected chi connectivity index (χ2v) is 6.00. The van der Waals surface area contributed by atoms with Crippen molar-refractivity contribution in [3.8, 4) is 0 Å². The first-order valence-electron chi connectivity index (χ1n) is 7.41. The van der Waals surface area contributed by atoms with Crippen LogP contribution in [0.15, 0.2) is 18.3 Å². The van der Waals surface area contributed by atoms with Gasteiger partial charge in [-0.15, -0.1) is 0 Å². The van der Waals surface area contributed by atoms with Crippen molar-refractivity contribution in [1.29, 1.82) is 5.41 Å². The molecule has 0 bridgehead atoms. The second kappa shape index (κ2) is 5.40. The molecule has 2 atom stereocenters. The molecule has 5 nitrogen and oxygen atoms in total. The van der Waals surface area contributed by atoms with Crippen LogP contribution in [0.4, 0.5) is 5.69 Å². The van der Waals surface area contributed by atoms with E-state index >= 15 is 0 Å². The van der Waals surface area contributed by atoms with E-state index in [-0.39, 0.29) is 5.84 Å². The topological polar surface area (TPSA) is 69.2 Å². The minimum Gasteiger partial charge on any atom is -0.382 e. The quantitative estimate of drug-likeness (QED) is 0.629. The summed E-state index contributed by atoms with van der Waals surface area (Å²) in [6.45, 7) is 3.42. The summed E-state index contributed by atoms with van der Waals surface area (Å²) in [6.07, 6.45) is 5.61. The SMILES string of the molecule is CN1CCCC2CN(c3ccnc(C(=N)N)c3)CCC21. The van der Waals surface area contributed by atoms with Crippen LogP contribution in [0, 0.1) is 11.3 Å². The molecule has 0 amide bonds. The van der Waals surface area contributed by atoms with E-state index in [2.05, 4.69) is 21.8 Å². The van der Waals surface area contributed by atoms with Crippen molar-refractivity contribution in [2.24, 2.45) is 11.7 Å². The van der Waals surface area contributed by atoms with Crippen molar-refractivity contribution < 1.29 is 0 Å². The van der Waals surface area contributed by atoms with Crippen LogP contribution in [0.3, 0.4) is 0 Å². The molecule has 2 saturated heterocycles. The van der Waals surface area contributed by atoms with Crippen molar-refractivity contribution in [1.82, 2.24) is 9.88 Å². The van der Waals surface area contributed by atoms with Crippen LogP contribution in [-0.4, -0.2) is 48.4 Å². The molecule has 0 aliphatic carbocycles. The fourth-order valence-electron chi connectivity index (χ4n) is 3.65. The van der Waals surface area contributed by atoms with Gasteiger partial charge >= 0.3 is 0 Å². The van der Waals surface area contributed by atoms with Crippen molar-refractivity contribution >= 4 is 11.5 Å². The summed E-state index contributed by atoms with van der Waals surface area (Å²) in [6, 6.07) is 4.71. The molecule has 2 aliphatic rings. The van der Waals surface area contributed by atoms with Gasteiger partial charge in [-0.25, -0.2) is 0 Å².